The maximum Gasteiger partial charge on any atom is 0.191 e. The van der Waals surface area contributed by atoms with Crippen molar-refractivity contribution < 1.29 is 4.74 Å². The van der Waals surface area contributed by atoms with Gasteiger partial charge in [-0.25, -0.2) is 4.99 Å². The third kappa shape index (κ3) is 6.57. The first-order valence-corrected chi connectivity index (χ1v) is 8.30. The summed E-state index contributed by atoms with van der Waals surface area (Å²) in [4.78, 5) is 4.71. The number of rotatable bonds is 6. The molecule has 1 aliphatic rings. The second-order valence-corrected chi connectivity index (χ2v) is 6.44. The van der Waals surface area contributed by atoms with Crippen LogP contribution in [0.15, 0.2) is 23.2 Å². The van der Waals surface area contributed by atoms with E-state index in [-0.39, 0.29) is 30.1 Å². The Labute approximate surface area is 157 Å². The molecule has 130 valence electrons. The lowest BCUT2D eigenvalue weighted by atomic mass is 10.1. The van der Waals surface area contributed by atoms with E-state index >= 15 is 0 Å². The van der Waals surface area contributed by atoms with Crippen LogP contribution < -0.4 is 15.4 Å². The highest BCUT2D eigenvalue weighted by molar-refractivity contribution is 14.0. The van der Waals surface area contributed by atoms with Crippen molar-refractivity contribution in [2.45, 2.75) is 59.7 Å². The van der Waals surface area contributed by atoms with Crippen LogP contribution in [0.3, 0.4) is 0 Å². The lowest BCUT2D eigenvalue weighted by Crippen LogP contribution is -2.39. The molecule has 0 saturated heterocycles. The second kappa shape index (κ2) is 9.35. The van der Waals surface area contributed by atoms with E-state index in [9.17, 15) is 0 Å². The molecule has 2 atom stereocenters. The summed E-state index contributed by atoms with van der Waals surface area (Å²) in [5, 5.41) is 6.80. The lowest BCUT2D eigenvalue weighted by Gasteiger charge is -2.15. The Morgan fingerprint density at radius 3 is 2.65 bits per heavy atom. The zero-order chi connectivity index (χ0) is 16.1. The molecule has 2 rings (SSSR count). The van der Waals surface area contributed by atoms with Crippen molar-refractivity contribution in [3.05, 3.63) is 29.3 Å². The Morgan fingerprint density at radius 2 is 2.09 bits per heavy atom. The predicted octanol–water partition coefficient (Wildman–Crippen LogP) is 3.86. The highest BCUT2D eigenvalue weighted by atomic mass is 127. The van der Waals surface area contributed by atoms with E-state index in [0.717, 1.165) is 29.7 Å². The van der Waals surface area contributed by atoms with Gasteiger partial charge >= 0.3 is 0 Å². The summed E-state index contributed by atoms with van der Waals surface area (Å²) in [5.74, 6) is 2.59. The maximum absolute atomic E-state index is 5.92. The smallest absolute Gasteiger partial charge is 0.191 e. The number of hydrogen-bond donors (Lipinski definition) is 2. The van der Waals surface area contributed by atoms with Crippen molar-refractivity contribution in [1.82, 2.24) is 10.6 Å². The first-order chi connectivity index (χ1) is 10.5. The van der Waals surface area contributed by atoms with Crippen molar-refractivity contribution in [1.29, 1.82) is 0 Å². The van der Waals surface area contributed by atoms with Crippen LogP contribution in [0.2, 0.25) is 0 Å². The number of benzene rings is 1. The van der Waals surface area contributed by atoms with E-state index < -0.39 is 0 Å². The van der Waals surface area contributed by atoms with Gasteiger partial charge in [-0.3, -0.25) is 0 Å². The fraction of sp³-hybridized carbons (Fsp3) is 0.611. The molecule has 0 spiro atoms. The monoisotopic (exact) mass is 431 g/mol. The number of nitrogens with zero attached hydrogens (tertiary/aromatic N) is 1. The van der Waals surface area contributed by atoms with Gasteiger partial charge in [-0.2, -0.15) is 0 Å². The zero-order valence-corrected chi connectivity index (χ0v) is 17.2. The summed E-state index contributed by atoms with van der Waals surface area (Å²) in [7, 11) is 0. The van der Waals surface area contributed by atoms with E-state index in [0.29, 0.717) is 12.6 Å². The predicted molar refractivity (Wildman–Crippen MR) is 108 cm³/mol. The van der Waals surface area contributed by atoms with Gasteiger partial charge in [-0.1, -0.05) is 19.1 Å². The molecule has 4 nitrogen and oxygen atoms in total. The molecule has 1 fully saturated rings. The van der Waals surface area contributed by atoms with Crippen LogP contribution in [-0.4, -0.2) is 24.7 Å². The van der Waals surface area contributed by atoms with Gasteiger partial charge in [-0.05, 0) is 51.7 Å². The molecule has 2 unspecified atom stereocenters. The molecule has 23 heavy (non-hydrogen) atoms. The Bertz CT molecular complexity index is 531. The van der Waals surface area contributed by atoms with Crippen LogP contribution in [-0.2, 0) is 6.54 Å². The lowest BCUT2D eigenvalue weighted by molar-refractivity contribution is 0.240. The summed E-state index contributed by atoms with van der Waals surface area (Å²) in [6, 6.07) is 6.89. The Morgan fingerprint density at radius 1 is 1.39 bits per heavy atom. The third-order valence-corrected chi connectivity index (χ3v) is 3.77. The molecule has 1 aliphatic carbocycles. The van der Waals surface area contributed by atoms with Crippen molar-refractivity contribution in [2.75, 3.05) is 6.54 Å². The largest absolute Gasteiger partial charge is 0.491 e. The molecular weight excluding hydrogens is 401 g/mol. The number of halogens is 1. The molecule has 1 aromatic carbocycles. The summed E-state index contributed by atoms with van der Waals surface area (Å²) in [6.07, 6.45) is 1.40. The van der Waals surface area contributed by atoms with Crippen LogP contribution in [0, 0.1) is 12.8 Å². The van der Waals surface area contributed by atoms with E-state index in [2.05, 4.69) is 63.5 Å². The van der Waals surface area contributed by atoms with Crippen LogP contribution in [0.4, 0.5) is 0 Å². The average molecular weight is 431 g/mol. The molecule has 0 aromatic heterocycles. The topological polar surface area (TPSA) is 45.7 Å². The van der Waals surface area contributed by atoms with Gasteiger partial charge < -0.3 is 15.4 Å². The summed E-state index contributed by atoms with van der Waals surface area (Å²) in [6.45, 7) is 12.0. The zero-order valence-electron chi connectivity index (χ0n) is 14.8. The molecule has 0 radical (unpaired) electrons. The van der Waals surface area contributed by atoms with Gasteiger partial charge in [0.25, 0.3) is 0 Å². The van der Waals surface area contributed by atoms with E-state index in [1.54, 1.807) is 0 Å². The summed E-state index contributed by atoms with van der Waals surface area (Å²) >= 11 is 0. The fourth-order valence-electron chi connectivity index (χ4n) is 2.34. The van der Waals surface area contributed by atoms with Gasteiger partial charge in [0.1, 0.15) is 5.75 Å². The van der Waals surface area contributed by atoms with Crippen LogP contribution in [0.5, 0.6) is 5.75 Å². The Kier molecular flexibility index (Phi) is 8.16. The van der Waals surface area contributed by atoms with Gasteiger partial charge in [0, 0.05) is 18.2 Å². The Balaban J connectivity index is 0.00000264. The number of hydrogen-bond acceptors (Lipinski definition) is 2. The van der Waals surface area contributed by atoms with Crippen LogP contribution in [0.1, 0.15) is 45.2 Å². The summed E-state index contributed by atoms with van der Waals surface area (Å²) in [5.41, 5.74) is 2.33. The quantitative estimate of drug-likeness (QED) is 0.409. The normalized spacial score (nSPS) is 20.0. The van der Waals surface area contributed by atoms with Crippen molar-refractivity contribution in [3.8, 4) is 5.75 Å². The molecular formula is C18H30IN3O. The number of nitrogens with one attached hydrogen (secondary N) is 2. The minimum Gasteiger partial charge on any atom is -0.491 e. The molecule has 1 aromatic rings. The molecule has 0 heterocycles. The number of aliphatic imine (C=N–C) groups is 1. The number of aryl methyl sites for hydroxylation is 1. The minimum atomic E-state index is 0. The molecule has 1 saturated carbocycles. The fourth-order valence-corrected chi connectivity index (χ4v) is 2.34. The first kappa shape index (κ1) is 20.1. The minimum absolute atomic E-state index is 0. The van der Waals surface area contributed by atoms with Crippen molar-refractivity contribution >= 4 is 29.9 Å². The van der Waals surface area contributed by atoms with Gasteiger partial charge in [0.2, 0.25) is 0 Å². The van der Waals surface area contributed by atoms with Gasteiger partial charge in [0.15, 0.2) is 5.96 Å². The Hall–Kier alpha value is -0.980. The average Bonchev–Trinajstić information content (AvgIpc) is 3.12. The van der Waals surface area contributed by atoms with Crippen molar-refractivity contribution in [2.24, 2.45) is 10.9 Å². The van der Waals surface area contributed by atoms with E-state index in [4.69, 9.17) is 9.73 Å². The molecule has 5 heteroatoms. The van der Waals surface area contributed by atoms with E-state index in [1.807, 2.05) is 0 Å². The highest BCUT2D eigenvalue weighted by Crippen LogP contribution is 2.29. The third-order valence-electron chi connectivity index (χ3n) is 3.77. The molecule has 0 bridgehead atoms. The molecule has 0 aliphatic heterocycles. The van der Waals surface area contributed by atoms with Gasteiger partial charge in [-0.15, -0.1) is 24.0 Å². The molecule has 0 amide bonds. The highest BCUT2D eigenvalue weighted by Gasteiger charge is 2.33. The standard InChI is InChI=1S/C18H29N3O.HI/c1-6-19-18(21-16-10-14(16)5)20-11-15-8-7-13(4)9-17(15)22-12(2)3;/h7-9,12,14,16H,6,10-11H2,1-5H3,(H2,19,20,21);1H. The van der Waals surface area contributed by atoms with Gasteiger partial charge in [0.05, 0.1) is 12.6 Å². The second-order valence-electron chi connectivity index (χ2n) is 6.44. The molecule has 2 N–H and O–H groups in total. The SMILES string of the molecule is CCNC(=NCc1ccc(C)cc1OC(C)C)NC1CC1C.I. The van der Waals surface area contributed by atoms with Crippen LogP contribution >= 0.6 is 24.0 Å². The summed E-state index contributed by atoms with van der Waals surface area (Å²) < 4.78 is 5.92. The first-order valence-electron chi connectivity index (χ1n) is 8.30. The van der Waals surface area contributed by atoms with E-state index in [1.165, 1.54) is 12.0 Å². The van der Waals surface area contributed by atoms with Crippen LogP contribution in [0.25, 0.3) is 0 Å². The number of guanidine groups is 1. The number of ether oxygens (including phenoxy) is 1. The van der Waals surface area contributed by atoms with Crippen molar-refractivity contribution in [3.63, 3.8) is 0 Å². The maximum atomic E-state index is 5.92.